The maximum absolute atomic E-state index is 4.66. The van der Waals surface area contributed by atoms with Gasteiger partial charge in [-0.1, -0.05) is 19.4 Å². The third kappa shape index (κ3) is 5.10. The molecule has 1 saturated carbocycles. The Kier molecular flexibility index (Phi) is 6.16. The molecule has 2 fully saturated rings. The van der Waals surface area contributed by atoms with Crippen molar-refractivity contribution in [2.45, 2.75) is 65.0 Å². The third-order valence-electron chi connectivity index (χ3n) is 5.25. The predicted octanol–water partition coefficient (Wildman–Crippen LogP) is 3.10. The first-order chi connectivity index (χ1) is 12.2. The number of hydrogen-bond donors (Lipinski definition) is 2. The fourth-order valence-electron chi connectivity index (χ4n) is 3.73. The first kappa shape index (κ1) is 18.0. The summed E-state index contributed by atoms with van der Waals surface area (Å²) in [5, 5.41) is 7.30. The third-order valence-corrected chi connectivity index (χ3v) is 5.25. The van der Waals surface area contributed by atoms with E-state index < -0.39 is 0 Å². The minimum absolute atomic E-state index is 0.502. The van der Waals surface area contributed by atoms with Crippen molar-refractivity contribution in [3.8, 4) is 0 Å². The van der Waals surface area contributed by atoms with Crippen LogP contribution in [-0.4, -0.2) is 42.7 Å². The number of anilines is 1. The molecule has 2 unspecified atom stereocenters. The van der Waals surface area contributed by atoms with Crippen LogP contribution in [0.5, 0.6) is 0 Å². The fourth-order valence-corrected chi connectivity index (χ4v) is 3.73. The lowest BCUT2D eigenvalue weighted by molar-refractivity contribution is 0.458. The van der Waals surface area contributed by atoms with Gasteiger partial charge in [0.25, 0.3) is 0 Å². The first-order valence-electron chi connectivity index (χ1n) is 9.95. The molecule has 2 atom stereocenters. The zero-order valence-electron chi connectivity index (χ0n) is 16.0. The van der Waals surface area contributed by atoms with E-state index in [0.717, 1.165) is 55.9 Å². The van der Waals surface area contributed by atoms with Gasteiger partial charge < -0.3 is 15.5 Å². The normalized spacial score (nSPS) is 24.3. The van der Waals surface area contributed by atoms with Crippen LogP contribution in [0.1, 0.15) is 51.6 Å². The molecule has 3 rings (SSSR count). The molecule has 1 aromatic heterocycles. The molecule has 1 aliphatic carbocycles. The minimum Gasteiger partial charge on any atom is -0.356 e. The molecule has 0 spiro atoms. The van der Waals surface area contributed by atoms with E-state index in [1.807, 2.05) is 0 Å². The smallest absolute Gasteiger partial charge is 0.191 e. The lowest BCUT2D eigenvalue weighted by Crippen LogP contribution is -2.49. The number of guanidine groups is 1. The monoisotopic (exact) mass is 343 g/mol. The number of aliphatic imine (C=N–C) groups is 1. The zero-order valence-corrected chi connectivity index (χ0v) is 16.0. The second-order valence-corrected chi connectivity index (χ2v) is 7.40. The number of hydrogen-bond acceptors (Lipinski definition) is 3. The largest absolute Gasteiger partial charge is 0.356 e. The molecule has 1 aromatic rings. The number of nitrogens with zero attached hydrogens (tertiary/aromatic N) is 3. The van der Waals surface area contributed by atoms with Crippen molar-refractivity contribution in [2.75, 3.05) is 24.5 Å². The molecule has 25 heavy (non-hydrogen) atoms. The number of aryl methyl sites for hydroxylation is 1. The van der Waals surface area contributed by atoms with Gasteiger partial charge in [-0.2, -0.15) is 0 Å². The van der Waals surface area contributed by atoms with E-state index in [9.17, 15) is 0 Å². The predicted molar refractivity (Wildman–Crippen MR) is 105 cm³/mol. The van der Waals surface area contributed by atoms with E-state index in [-0.39, 0.29) is 0 Å². The van der Waals surface area contributed by atoms with Gasteiger partial charge in [-0.15, -0.1) is 0 Å². The quantitative estimate of drug-likeness (QED) is 0.616. The molecule has 2 aliphatic rings. The molecule has 5 heteroatoms. The maximum Gasteiger partial charge on any atom is 0.191 e. The lowest BCUT2D eigenvalue weighted by Gasteiger charge is -2.34. The van der Waals surface area contributed by atoms with Crippen LogP contribution in [0.4, 0.5) is 5.82 Å². The van der Waals surface area contributed by atoms with Crippen LogP contribution in [0.2, 0.25) is 0 Å². The second-order valence-electron chi connectivity index (χ2n) is 7.40. The van der Waals surface area contributed by atoms with Gasteiger partial charge >= 0.3 is 0 Å². The van der Waals surface area contributed by atoms with E-state index in [1.165, 1.54) is 19.3 Å². The first-order valence-corrected chi connectivity index (χ1v) is 9.95. The summed E-state index contributed by atoms with van der Waals surface area (Å²) in [6.45, 7) is 9.36. The Morgan fingerprint density at radius 1 is 1.24 bits per heavy atom. The van der Waals surface area contributed by atoms with Crippen LogP contribution in [0, 0.1) is 12.8 Å². The fraction of sp³-hybridized carbons (Fsp3) is 0.700. The summed E-state index contributed by atoms with van der Waals surface area (Å²) in [7, 11) is 0. The van der Waals surface area contributed by atoms with Gasteiger partial charge in [0.15, 0.2) is 5.96 Å². The summed E-state index contributed by atoms with van der Waals surface area (Å²) in [6.07, 6.45) is 6.17. The van der Waals surface area contributed by atoms with Crippen molar-refractivity contribution < 1.29 is 0 Å². The number of rotatable bonds is 6. The van der Waals surface area contributed by atoms with Crippen molar-refractivity contribution in [2.24, 2.45) is 10.9 Å². The van der Waals surface area contributed by atoms with Gasteiger partial charge in [-0.05, 0) is 57.6 Å². The van der Waals surface area contributed by atoms with E-state index in [2.05, 4.69) is 64.5 Å². The van der Waals surface area contributed by atoms with Crippen molar-refractivity contribution in [1.29, 1.82) is 0 Å². The maximum atomic E-state index is 4.66. The Morgan fingerprint density at radius 2 is 2.04 bits per heavy atom. The van der Waals surface area contributed by atoms with Crippen LogP contribution in [0.3, 0.4) is 0 Å². The van der Waals surface area contributed by atoms with Crippen molar-refractivity contribution in [3.05, 3.63) is 23.9 Å². The summed E-state index contributed by atoms with van der Waals surface area (Å²) < 4.78 is 0. The molecule has 2 N–H and O–H groups in total. The SMILES string of the molecule is CCCC1CC1NC(=NCC)NC1CCN(c2cccc(C)n2)CC1. The molecule has 2 heterocycles. The average Bonchev–Trinajstić information content (AvgIpc) is 3.33. The summed E-state index contributed by atoms with van der Waals surface area (Å²) in [5.41, 5.74) is 1.09. The molecule has 0 amide bonds. The molecule has 0 bridgehead atoms. The molecule has 0 radical (unpaired) electrons. The van der Waals surface area contributed by atoms with Crippen LogP contribution in [0.15, 0.2) is 23.2 Å². The summed E-state index contributed by atoms with van der Waals surface area (Å²) in [5.74, 6) is 2.97. The van der Waals surface area contributed by atoms with Crippen LogP contribution < -0.4 is 15.5 Å². The Hall–Kier alpha value is -1.78. The van der Waals surface area contributed by atoms with E-state index in [4.69, 9.17) is 0 Å². The molecule has 138 valence electrons. The number of piperidine rings is 1. The second kappa shape index (κ2) is 8.54. The number of nitrogens with one attached hydrogen (secondary N) is 2. The van der Waals surface area contributed by atoms with Gasteiger partial charge in [0.1, 0.15) is 5.82 Å². The standard InChI is InChI=1S/C20H33N5/c1-4-7-16-14-18(16)24-20(21-5-2)23-17-10-12-25(13-11-17)19-9-6-8-15(3)22-19/h6,8-9,16-18H,4-5,7,10-14H2,1-3H3,(H2,21,23,24). The van der Waals surface area contributed by atoms with Crippen molar-refractivity contribution >= 4 is 11.8 Å². The highest BCUT2D eigenvalue weighted by molar-refractivity contribution is 5.80. The molecular weight excluding hydrogens is 310 g/mol. The van der Waals surface area contributed by atoms with E-state index in [0.29, 0.717) is 12.1 Å². The Morgan fingerprint density at radius 3 is 2.72 bits per heavy atom. The number of aromatic nitrogens is 1. The lowest BCUT2D eigenvalue weighted by atomic mass is 10.1. The summed E-state index contributed by atoms with van der Waals surface area (Å²) >= 11 is 0. The highest BCUT2D eigenvalue weighted by Crippen LogP contribution is 2.34. The number of pyridine rings is 1. The summed E-state index contributed by atoms with van der Waals surface area (Å²) in [6, 6.07) is 7.41. The Balaban J connectivity index is 1.47. The van der Waals surface area contributed by atoms with E-state index in [1.54, 1.807) is 0 Å². The average molecular weight is 344 g/mol. The van der Waals surface area contributed by atoms with Gasteiger partial charge in [-0.3, -0.25) is 4.99 Å². The van der Waals surface area contributed by atoms with Crippen LogP contribution in [-0.2, 0) is 0 Å². The molecule has 0 aromatic carbocycles. The highest BCUT2D eigenvalue weighted by Gasteiger charge is 2.37. The highest BCUT2D eigenvalue weighted by atomic mass is 15.2. The van der Waals surface area contributed by atoms with Crippen LogP contribution in [0.25, 0.3) is 0 Å². The Bertz CT molecular complexity index is 577. The summed E-state index contributed by atoms with van der Waals surface area (Å²) in [4.78, 5) is 11.7. The van der Waals surface area contributed by atoms with Crippen LogP contribution >= 0.6 is 0 Å². The molecule has 1 aliphatic heterocycles. The molecular formula is C20H33N5. The van der Waals surface area contributed by atoms with Crippen molar-refractivity contribution in [1.82, 2.24) is 15.6 Å². The topological polar surface area (TPSA) is 52.6 Å². The van der Waals surface area contributed by atoms with Gasteiger partial charge in [0.05, 0.1) is 0 Å². The molecule has 1 saturated heterocycles. The van der Waals surface area contributed by atoms with Gasteiger partial charge in [0, 0.05) is 37.4 Å². The van der Waals surface area contributed by atoms with E-state index >= 15 is 0 Å². The van der Waals surface area contributed by atoms with Gasteiger partial charge in [0.2, 0.25) is 0 Å². The zero-order chi connectivity index (χ0) is 17.6. The Labute approximate surface area is 152 Å². The molecule has 5 nitrogen and oxygen atoms in total. The van der Waals surface area contributed by atoms with Gasteiger partial charge in [-0.25, -0.2) is 4.98 Å². The van der Waals surface area contributed by atoms with Crippen molar-refractivity contribution in [3.63, 3.8) is 0 Å². The minimum atomic E-state index is 0.502.